The molecule has 1 saturated heterocycles. The van der Waals surface area contributed by atoms with Crippen LogP contribution in [0.25, 0.3) is 0 Å². The first kappa shape index (κ1) is 17.7. The van der Waals surface area contributed by atoms with Crippen molar-refractivity contribution in [3.8, 4) is 0 Å². The monoisotopic (exact) mass is 312 g/mol. The number of hydrogen-bond acceptors (Lipinski definition) is 4. The molecule has 0 bridgehead atoms. The highest BCUT2D eigenvalue weighted by atomic mass is 16.7. The third-order valence-corrected chi connectivity index (χ3v) is 5.13. The van der Waals surface area contributed by atoms with Gasteiger partial charge >= 0.3 is 5.97 Å². The van der Waals surface area contributed by atoms with E-state index in [1.165, 1.54) is 32.1 Å². The SMILES string of the molecule is CCCCCCCC1C(CC(=O)OCC)CCC12OCCO2. The maximum Gasteiger partial charge on any atom is 0.306 e. The van der Waals surface area contributed by atoms with Crippen LogP contribution in [0.4, 0.5) is 0 Å². The van der Waals surface area contributed by atoms with Crippen molar-refractivity contribution in [2.75, 3.05) is 19.8 Å². The summed E-state index contributed by atoms with van der Waals surface area (Å²) >= 11 is 0. The first-order valence-electron chi connectivity index (χ1n) is 9.15. The molecule has 2 unspecified atom stereocenters. The molecule has 0 aromatic heterocycles. The lowest BCUT2D eigenvalue weighted by Crippen LogP contribution is -2.37. The van der Waals surface area contributed by atoms with Crippen LogP contribution in [0.2, 0.25) is 0 Å². The lowest BCUT2D eigenvalue weighted by molar-refractivity contribution is -0.188. The number of hydrogen-bond donors (Lipinski definition) is 0. The van der Waals surface area contributed by atoms with Crippen molar-refractivity contribution in [3.05, 3.63) is 0 Å². The summed E-state index contributed by atoms with van der Waals surface area (Å²) in [6.45, 7) is 5.95. The second kappa shape index (κ2) is 8.88. The van der Waals surface area contributed by atoms with Gasteiger partial charge in [0.1, 0.15) is 0 Å². The minimum absolute atomic E-state index is 0.0708. The summed E-state index contributed by atoms with van der Waals surface area (Å²) in [7, 11) is 0. The molecule has 128 valence electrons. The third-order valence-electron chi connectivity index (χ3n) is 5.13. The Hall–Kier alpha value is -0.610. The van der Waals surface area contributed by atoms with Crippen LogP contribution in [0.3, 0.4) is 0 Å². The summed E-state index contributed by atoms with van der Waals surface area (Å²) in [5, 5.41) is 0. The van der Waals surface area contributed by atoms with Crippen LogP contribution in [0.1, 0.15) is 71.6 Å². The van der Waals surface area contributed by atoms with Gasteiger partial charge in [-0.1, -0.05) is 39.0 Å². The van der Waals surface area contributed by atoms with Crippen LogP contribution in [-0.4, -0.2) is 31.6 Å². The average Bonchev–Trinajstić information content (AvgIpc) is 3.09. The molecule has 2 rings (SSSR count). The van der Waals surface area contributed by atoms with Gasteiger partial charge in [0.05, 0.1) is 19.8 Å². The standard InChI is InChI=1S/C18H32O4/c1-3-5-6-7-8-9-16-15(14-17(19)20-4-2)10-11-18(16)21-12-13-22-18/h15-16H,3-14H2,1-2H3. The molecule has 0 radical (unpaired) electrons. The van der Waals surface area contributed by atoms with Gasteiger partial charge in [0.25, 0.3) is 0 Å². The van der Waals surface area contributed by atoms with Gasteiger partial charge in [-0.05, 0) is 25.7 Å². The van der Waals surface area contributed by atoms with E-state index in [1.807, 2.05) is 6.92 Å². The van der Waals surface area contributed by atoms with E-state index in [2.05, 4.69) is 6.92 Å². The number of esters is 1. The van der Waals surface area contributed by atoms with E-state index in [9.17, 15) is 4.79 Å². The molecule has 0 aromatic rings. The van der Waals surface area contributed by atoms with Gasteiger partial charge in [0.15, 0.2) is 5.79 Å². The summed E-state index contributed by atoms with van der Waals surface area (Å²) < 4.78 is 17.1. The molecule has 22 heavy (non-hydrogen) atoms. The predicted octanol–water partition coefficient (Wildman–Crippen LogP) is 4.07. The van der Waals surface area contributed by atoms with Gasteiger partial charge in [-0.3, -0.25) is 4.79 Å². The van der Waals surface area contributed by atoms with E-state index in [0.29, 0.717) is 38.1 Å². The summed E-state index contributed by atoms with van der Waals surface area (Å²) in [5.74, 6) is 0.227. The molecule has 1 spiro atoms. The quantitative estimate of drug-likeness (QED) is 0.475. The van der Waals surface area contributed by atoms with Crippen LogP contribution in [0, 0.1) is 11.8 Å². The van der Waals surface area contributed by atoms with Crippen molar-refractivity contribution in [2.45, 2.75) is 77.4 Å². The number of unbranched alkanes of at least 4 members (excludes halogenated alkanes) is 4. The molecule has 1 heterocycles. The fourth-order valence-electron chi connectivity index (χ4n) is 4.06. The highest BCUT2D eigenvalue weighted by Crippen LogP contribution is 2.49. The van der Waals surface area contributed by atoms with Gasteiger partial charge in [0.2, 0.25) is 0 Å². The highest BCUT2D eigenvalue weighted by Gasteiger charge is 2.52. The van der Waals surface area contributed by atoms with Crippen molar-refractivity contribution in [3.63, 3.8) is 0 Å². The van der Waals surface area contributed by atoms with Gasteiger partial charge in [-0.25, -0.2) is 0 Å². The molecule has 0 amide bonds. The van der Waals surface area contributed by atoms with Crippen LogP contribution in [-0.2, 0) is 19.0 Å². The maximum atomic E-state index is 11.9. The zero-order chi connectivity index (χ0) is 15.8. The predicted molar refractivity (Wildman–Crippen MR) is 85.5 cm³/mol. The molecular weight excluding hydrogens is 280 g/mol. The second-order valence-electron chi connectivity index (χ2n) is 6.63. The molecular formula is C18H32O4. The van der Waals surface area contributed by atoms with Crippen LogP contribution in [0.15, 0.2) is 0 Å². The first-order valence-corrected chi connectivity index (χ1v) is 9.15. The van der Waals surface area contributed by atoms with Crippen molar-refractivity contribution in [1.82, 2.24) is 0 Å². The van der Waals surface area contributed by atoms with Crippen LogP contribution in [0.5, 0.6) is 0 Å². The Balaban J connectivity index is 1.89. The van der Waals surface area contributed by atoms with Gasteiger partial charge in [0, 0.05) is 18.8 Å². The number of ether oxygens (including phenoxy) is 3. The number of rotatable bonds is 9. The minimum Gasteiger partial charge on any atom is -0.466 e. The zero-order valence-corrected chi connectivity index (χ0v) is 14.3. The fourth-order valence-corrected chi connectivity index (χ4v) is 4.06. The van der Waals surface area contributed by atoms with Gasteiger partial charge < -0.3 is 14.2 Å². The summed E-state index contributed by atoms with van der Waals surface area (Å²) in [5.41, 5.74) is 0. The van der Waals surface area contributed by atoms with E-state index >= 15 is 0 Å². The smallest absolute Gasteiger partial charge is 0.306 e. The van der Waals surface area contributed by atoms with Crippen LogP contribution < -0.4 is 0 Å². The Labute approximate surface area is 134 Å². The van der Waals surface area contributed by atoms with E-state index in [0.717, 1.165) is 19.3 Å². The average molecular weight is 312 g/mol. The maximum absolute atomic E-state index is 11.9. The number of carbonyl (C=O) groups excluding carboxylic acids is 1. The Morgan fingerprint density at radius 1 is 1.14 bits per heavy atom. The summed E-state index contributed by atoms with van der Waals surface area (Å²) in [6, 6.07) is 0. The Morgan fingerprint density at radius 2 is 1.86 bits per heavy atom. The van der Waals surface area contributed by atoms with E-state index in [1.54, 1.807) is 0 Å². The highest BCUT2D eigenvalue weighted by molar-refractivity contribution is 5.69. The van der Waals surface area contributed by atoms with Crippen molar-refractivity contribution in [2.24, 2.45) is 11.8 Å². The summed E-state index contributed by atoms with van der Waals surface area (Å²) in [6.07, 6.45) is 9.93. The zero-order valence-electron chi connectivity index (χ0n) is 14.3. The molecule has 0 N–H and O–H groups in total. The molecule has 4 heteroatoms. The summed E-state index contributed by atoms with van der Waals surface area (Å²) in [4.78, 5) is 11.9. The lowest BCUT2D eigenvalue weighted by atomic mass is 9.85. The van der Waals surface area contributed by atoms with E-state index in [4.69, 9.17) is 14.2 Å². The largest absolute Gasteiger partial charge is 0.466 e. The molecule has 1 saturated carbocycles. The lowest BCUT2D eigenvalue weighted by Gasteiger charge is -2.32. The normalized spacial score (nSPS) is 26.6. The Morgan fingerprint density at radius 3 is 2.55 bits per heavy atom. The third kappa shape index (κ3) is 4.45. The fraction of sp³-hybridized carbons (Fsp3) is 0.944. The van der Waals surface area contributed by atoms with Crippen molar-refractivity contribution in [1.29, 1.82) is 0 Å². The van der Waals surface area contributed by atoms with Crippen molar-refractivity contribution < 1.29 is 19.0 Å². The Bertz CT molecular complexity index is 336. The topological polar surface area (TPSA) is 44.8 Å². The second-order valence-corrected chi connectivity index (χ2v) is 6.63. The molecule has 1 aliphatic heterocycles. The molecule has 2 aliphatic rings. The molecule has 0 aromatic carbocycles. The van der Waals surface area contributed by atoms with Crippen molar-refractivity contribution >= 4 is 5.97 Å². The van der Waals surface area contributed by atoms with Gasteiger partial charge in [-0.2, -0.15) is 0 Å². The first-order chi connectivity index (χ1) is 10.7. The minimum atomic E-state index is -0.401. The Kier molecular flexibility index (Phi) is 7.16. The molecule has 2 atom stereocenters. The number of carbonyl (C=O) groups is 1. The molecule has 4 nitrogen and oxygen atoms in total. The molecule has 1 aliphatic carbocycles. The van der Waals surface area contributed by atoms with E-state index < -0.39 is 5.79 Å². The van der Waals surface area contributed by atoms with Gasteiger partial charge in [-0.15, -0.1) is 0 Å². The van der Waals surface area contributed by atoms with Crippen LogP contribution >= 0.6 is 0 Å². The molecule has 2 fully saturated rings. The van der Waals surface area contributed by atoms with E-state index in [-0.39, 0.29) is 5.97 Å².